The van der Waals surface area contributed by atoms with E-state index in [0.29, 0.717) is 18.6 Å². The first kappa shape index (κ1) is 18.9. The van der Waals surface area contributed by atoms with Crippen LogP contribution >= 0.6 is 11.8 Å². The van der Waals surface area contributed by atoms with Crippen LogP contribution < -0.4 is 5.32 Å². The van der Waals surface area contributed by atoms with Crippen molar-refractivity contribution in [2.45, 2.75) is 37.3 Å². The highest BCUT2D eigenvalue weighted by Gasteiger charge is 2.22. The maximum Gasteiger partial charge on any atom is 0.319 e. The van der Waals surface area contributed by atoms with E-state index in [0.717, 1.165) is 11.8 Å². The van der Waals surface area contributed by atoms with E-state index in [1.165, 1.54) is 24.3 Å². The van der Waals surface area contributed by atoms with Crippen LogP contribution in [0.1, 0.15) is 36.5 Å². The number of hydrogen-bond donors (Lipinski definition) is 1. The molecule has 0 aliphatic rings. The van der Waals surface area contributed by atoms with E-state index < -0.39 is 11.1 Å². The number of benzene rings is 1. The Kier molecular flexibility index (Phi) is 6.93. The van der Waals surface area contributed by atoms with E-state index in [1.54, 1.807) is 6.92 Å². The Labute approximate surface area is 148 Å². The first-order chi connectivity index (χ1) is 12.0. The first-order valence-corrected chi connectivity index (χ1v) is 8.60. The molecule has 2 aromatic rings. The van der Waals surface area contributed by atoms with Crippen molar-refractivity contribution >= 4 is 23.6 Å². The minimum atomic E-state index is -0.429. The summed E-state index contributed by atoms with van der Waals surface area (Å²) in [6.07, 6.45) is 0.558. The molecule has 25 heavy (non-hydrogen) atoms. The summed E-state index contributed by atoms with van der Waals surface area (Å²) in [5.74, 6) is -0.927. The number of hydrogen-bond acceptors (Lipinski definition) is 7. The zero-order valence-corrected chi connectivity index (χ0v) is 14.6. The van der Waals surface area contributed by atoms with Gasteiger partial charge in [-0.3, -0.25) is 9.59 Å². The third kappa shape index (κ3) is 5.56. The lowest BCUT2D eigenvalue weighted by molar-refractivity contribution is -0.142. The quantitative estimate of drug-likeness (QED) is 0.566. The van der Waals surface area contributed by atoms with E-state index in [4.69, 9.17) is 9.15 Å². The Morgan fingerprint density at radius 1 is 1.28 bits per heavy atom. The van der Waals surface area contributed by atoms with Crippen LogP contribution in [0.2, 0.25) is 0 Å². The molecule has 1 heterocycles. The fraction of sp³-hybridized carbons (Fsp3) is 0.375. The predicted molar refractivity (Wildman–Crippen MR) is 88.4 cm³/mol. The van der Waals surface area contributed by atoms with E-state index >= 15 is 0 Å². The molecule has 1 amide bonds. The van der Waals surface area contributed by atoms with Gasteiger partial charge in [0.25, 0.3) is 11.1 Å². The van der Waals surface area contributed by atoms with Gasteiger partial charge in [-0.1, -0.05) is 18.7 Å². The molecule has 0 unspecified atom stereocenters. The van der Waals surface area contributed by atoms with Crippen molar-refractivity contribution in [3.05, 3.63) is 41.5 Å². The number of nitrogens with one attached hydrogen (secondary N) is 1. The van der Waals surface area contributed by atoms with Crippen molar-refractivity contribution in [2.24, 2.45) is 0 Å². The molecule has 0 spiro atoms. The Morgan fingerprint density at radius 2 is 2.00 bits per heavy atom. The number of amides is 1. The Morgan fingerprint density at radius 3 is 2.64 bits per heavy atom. The number of nitrogens with zero attached hydrogens (tertiary/aromatic N) is 2. The van der Waals surface area contributed by atoms with Crippen LogP contribution in [0, 0.1) is 5.82 Å². The van der Waals surface area contributed by atoms with Gasteiger partial charge in [0.15, 0.2) is 0 Å². The largest absolute Gasteiger partial charge is 0.465 e. The van der Waals surface area contributed by atoms with E-state index in [1.807, 2.05) is 6.92 Å². The van der Waals surface area contributed by atoms with Gasteiger partial charge in [0, 0.05) is 5.56 Å². The molecule has 0 saturated carbocycles. The first-order valence-electron chi connectivity index (χ1n) is 7.72. The minimum absolute atomic E-state index is 0.0277. The molecule has 0 bridgehead atoms. The number of thioether (sulfide) groups is 1. The summed E-state index contributed by atoms with van der Waals surface area (Å²) in [5, 5.41) is 10.1. The van der Waals surface area contributed by atoms with Gasteiger partial charge >= 0.3 is 5.97 Å². The molecule has 1 N–H and O–H groups in total. The number of carbonyl (C=O) groups excluding carboxylic acids is 2. The number of ether oxygens (including phenoxy) is 1. The highest BCUT2D eigenvalue weighted by Crippen LogP contribution is 2.25. The van der Waals surface area contributed by atoms with Crippen molar-refractivity contribution in [1.82, 2.24) is 15.5 Å². The SMILES string of the molecule is CCOC(=O)[C@H](CC)Sc1nnc(CNC(=O)c2ccc(F)cc2)o1. The molecule has 0 aliphatic carbocycles. The van der Waals surface area contributed by atoms with Gasteiger partial charge in [-0.2, -0.15) is 0 Å². The number of aromatic nitrogens is 2. The molecule has 134 valence electrons. The average molecular weight is 367 g/mol. The van der Waals surface area contributed by atoms with Crippen molar-refractivity contribution in [3.63, 3.8) is 0 Å². The van der Waals surface area contributed by atoms with Gasteiger partial charge in [-0.05, 0) is 37.6 Å². The second kappa shape index (κ2) is 9.16. The lowest BCUT2D eigenvalue weighted by Crippen LogP contribution is -2.22. The topological polar surface area (TPSA) is 94.3 Å². The summed E-state index contributed by atoms with van der Waals surface area (Å²) in [6, 6.07) is 5.17. The molecule has 0 radical (unpaired) electrons. The van der Waals surface area contributed by atoms with Gasteiger partial charge in [-0.25, -0.2) is 4.39 Å². The number of carbonyl (C=O) groups is 2. The Balaban J connectivity index is 1.89. The third-order valence-corrected chi connectivity index (χ3v) is 4.30. The molecule has 0 fully saturated rings. The fourth-order valence-corrected chi connectivity index (χ4v) is 2.68. The zero-order valence-electron chi connectivity index (χ0n) is 13.8. The normalized spacial score (nSPS) is 11.8. The number of halogens is 1. The van der Waals surface area contributed by atoms with Gasteiger partial charge in [0.05, 0.1) is 13.2 Å². The minimum Gasteiger partial charge on any atom is -0.465 e. The molecule has 9 heteroatoms. The third-order valence-electron chi connectivity index (χ3n) is 3.12. The second-order valence-corrected chi connectivity index (χ2v) is 6.07. The monoisotopic (exact) mass is 367 g/mol. The predicted octanol–water partition coefficient (Wildman–Crippen LogP) is 2.57. The molecule has 1 atom stereocenters. The standard InChI is InChI=1S/C16H18FN3O4S/c1-3-12(15(22)23-4-2)25-16-20-19-13(24-16)9-18-14(21)10-5-7-11(17)8-6-10/h5-8,12H,3-4,9H2,1-2H3,(H,18,21)/t12-/m0/s1. The van der Waals surface area contributed by atoms with Crippen LogP contribution in [0.3, 0.4) is 0 Å². The van der Waals surface area contributed by atoms with E-state index in [2.05, 4.69) is 15.5 Å². The average Bonchev–Trinajstić information content (AvgIpc) is 3.06. The highest BCUT2D eigenvalue weighted by atomic mass is 32.2. The van der Waals surface area contributed by atoms with Gasteiger partial charge in [-0.15, -0.1) is 10.2 Å². The molecular formula is C16H18FN3O4S. The maximum absolute atomic E-state index is 12.8. The van der Waals surface area contributed by atoms with Crippen LogP contribution in [-0.2, 0) is 16.1 Å². The summed E-state index contributed by atoms with van der Waals surface area (Å²) < 4.78 is 23.2. The van der Waals surface area contributed by atoms with Crippen LogP contribution in [-0.4, -0.2) is 33.9 Å². The lowest BCUT2D eigenvalue weighted by Gasteiger charge is -2.09. The molecular weight excluding hydrogens is 349 g/mol. The fourth-order valence-electron chi connectivity index (χ4n) is 1.87. The second-order valence-electron chi connectivity index (χ2n) is 4.92. The number of esters is 1. The van der Waals surface area contributed by atoms with Crippen molar-refractivity contribution < 1.29 is 23.1 Å². The van der Waals surface area contributed by atoms with Gasteiger partial charge in [0.1, 0.15) is 11.1 Å². The lowest BCUT2D eigenvalue weighted by atomic mass is 10.2. The molecule has 1 aromatic carbocycles. The van der Waals surface area contributed by atoms with Crippen molar-refractivity contribution in [2.75, 3.05) is 6.61 Å². The van der Waals surface area contributed by atoms with Crippen LogP contribution in [0.15, 0.2) is 33.9 Å². The smallest absolute Gasteiger partial charge is 0.319 e. The number of rotatable bonds is 8. The summed E-state index contributed by atoms with van der Waals surface area (Å²) in [5.41, 5.74) is 0.323. The molecule has 0 aliphatic heterocycles. The summed E-state index contributed by atoms with van der Waals surface area (Å²) in [4.78, 5) is 23.7. The van der Waals surface area contributed by atoms with Crippen molar-refractivity contribution in [3.8, 4) is 0 Å². The summed E-state index contributed by atoms with van der Waals surface area (Å²) in [6.45, 7) is 3.93. The zero-order chi connectivity index (χ0) is 18.2. The summed E-state index contributed by atoms with van der Waals surface area (Å²) in [7, 11) is 0. The molecule has 0 saturated heterocycles. The van der Waals surface area contributed by atoms with E-state index in [9.17, 15) is 14.0 Å². The Hall–Kier alpha value is -2.42. The van der Waals surface area contributed by atoms with Gasteiger partial charge < -0.3 is 14.5 Å². The van der Waals surface area contributed by atoms with Crippen LogP contribution in [0.4, 0.5) is 4.39 Å². The summed E-state index contributed by atoms with van der Waals surface area (Å²) >= 11 is 1.12. The van der Waals surface area contributed by atoms with Crippen LogP contribution in [0.5, 0.6) is 0 Å². The Bertz CT molecular complexity index is 720. The molecule has 1 aromatic heterocycles. The van der Waals surface area contributed by atoms with Crippen LogP contribution in [0.25, 0.3) is 0 Å². The van der Waals surface area contributed by atoms with Gasteiger partial charge in [0.2, 0.25) is 5.89 Å². The molecule has 2 rings (SSSR count). The maximum atomic E-state index is 12.8. The van der Waals surface area contributed by atoms with Crippen molar-refractivity contribution in [1.29, 1.82) is 0 Å². The molecule has 7 nitrogen and oxygen atoms in total. The van der Waals surface area contributed by atoms with E-state index in [-0.39, 0.29) is 29.5 Å². The highest BCUT2D eigenvalue weighted by molar-refractivity contribution is 8.00.